The minimum absolute atomic E-state index is 0.407. The highest BCUT2D eigenvalue weighted by molar-refractivity contribution is 9.10. The third-order valence-corrected chi connectivity index (χ3v) is 7.50. The Bertz CT molecular complexity index is 1150. The van der Waals surface area contributed by atoms with Gasteiger partial charge in [0.15, 0.2) is 6.29 Å². The second-order valence-corrected chi connectivity index (χ2v) is 9.83. The number of amides is 1. The van der Waals surface area contributed by atoms with Gasteiger partial charge in [-0.2, -0.15) is 5.10 Å². The van der Waals surface area contributed by atoms with Crippen LogP contribution in [0.15, 0.2) is 40.9 Å². The SMILES string of the molecule is Cc1nn(CCCCCC2CCN(c3cccc(Br)c3C=O)CC2)c2cc(C(N)=O)ccc12. The molecule has 1 saturated heterocycles. The van der Waals surface area contributed by atoms with Crippen molar-refractivity contribution < 1.29 is 9.59 Å². The largest absolute Gasteiger partial charge is 0.371 e. The van der Waals surface area contributed by atoms with Gasteiger partial charge in [-0.25, -0.2) is 0 Å². The number of aromatic nitrogens is 2. The first kappa shape index (κ1) is 23.5. The first-order valence-corrected chi connectivity index (χ1v) is 12.5. The third kappa shape index (κ3) is 5.29. The highest BCUT2D eigenvalue weighted by Crippen LogP contribution is 2.31. The molecular formula is C26H31BrN4O2. The first-order chi connectivity index (χ1) is 16.0. The van der Waals surface area contributed by atoms with Gasteiger partial charge < -0.3 is 10.6 Å². The molecule has 0 bridgehead atoms. The summed E-state index contributed by atoms with van der Waals surface area (Å²) >= 11 is 3.49. The number of unbranched alkanes of at least 4 members (excludes halogenated alkanes) is 2. The lowest BCUT2D eigenvalue weighted by Gasteiger charge is -2.34. The highest BCUT2D eigenvalue weighted by atomic mass is 79.9. The smallest absolute Gasteiger partial charge is 0.248 e. The van der Waals surface area contributed by atoms with Gasteiger partial charge in [-0.05, 0) is 72.3 Å². The monoisotopic (exact) mass is 510 g/mol. The van der Waals surface area contributed by atoms with Gasteiger partial charge in [-0.15, -0.1) is 0 Å². The molecule has 1 amide bonds. The normalized spacial score (nSPS) is 14.7. The van der Waals surface area contributed by atoms with E-state index in [9.17, 15) is 9.59 Å². The van der Waals surface area contributed by atoms with E-state index in [1.165, 1.54) is 25.7 Å². The Morgan fingerprint density at radius 2 is 1.97 bits per heavy atom. The van der Waals surface area contributed by atoms with Crippen LogP contribution in [-0.2, 0) is 6.54 Å². The molecular weight excluding hydrogens is 480 g/mol. The lowest BCUT2D eigenvalue weighted by atomic mass is 9.91. The number of anilines is 1. The van der Waals surface area contributed by atoms with Gasteiger partial charge in [-0.1, -0.05) is 31.4 Å². The fourth-order valence-corrected chi connectivity index (χ4v) is 5.36. The Kier molecular flexibility index (Phi) is 7.48. The number of benzene rings is 2. The molecule has 2 heterocycles. The summed E-state index contributed by atoms with van der Waals surface area (Å²) in [5.74, 6) is 0.342. The fourth-order valence-electron chi connectivity index (χ4n) is 4.92. The van der Waals surface area contributed by atoms with E-state index in [1.54, 1.807) is 6.07 Å². The molecule has 2 N–H and O–H groups in total. The predicted molar refractivity (Wildman–Crippen MR) is 136 cm³/mol. The lowest BCUT2D eigenvalue weighted by Crippen LogP contribution is -2.34. The van der Waals surface area contributed by atoms with Gasteiger partial charge in [0.1, 0.15) is 0 Å². The minimum Gasteiger partial charge on any atom is -0.371 e. The highest BCUT2D eigenvalue weighted by Gasteiger charge is 2.21. The van der Waals surface area contributed by atoms with Crippen molar-refractivity contribution in [3.8, 4) is 0 Å². The molecule has 0 atom stereocenters. The molecule has 1 aromatic heterocycles. The lowest BCUT2D eigenvalue weighted by molar-refractivity contribution is 0.1000. The third-order valence-electron chi connectivity index (χ3n) is 6.81. The maximum absolute atomic E-state index is 11.5. The summed E-state index contributed by atoms with van der Waals surface area (Å²) in [4.78, 5) is 25.4. The van der Waals surface area contributed by atoms with Gasteiger partial charge in [-0.3, -0.25) is 14.3 Å². The summed E-state index contributed by atoms with van der Waals surface area (Å²) in [6.45, 7) is 4.86. The summed E-state index contributed by atoms with van der Waals surface area (Å²) in [6, 6.07) is 11.5. The van der Waals surface area contributed by atoms with E-state index in [0.717, 1.165) is 77.0 Å². The van der Waals surface area contributed by atoms with E-state index >= 15 is 0 Å². The van der Waals surface area contributed by atoms with Crippen LogP contribution in [0.3, 0.4) is 0 Å². The van der Waals surface area contributed by atoms with E-state index in [4.69, 9.17) is 5.73 Å². The van der Waals surface area contributed by atoms with Crippen molar-refractivity contribution in [3.05, 3.63) is 57.7 Å². The number of hydrogen-bond donors (Lipinski definition) is 1. The number of nitrogens with zero attached hydrogens (tertiary/aromatic N) is 3. The number of carbonyl (C=O) groups excluding carboxylic acids is 2. The van der Waals surface area contributed by atoms with Crippen molar-refractivity contribution in [1.82, 2.24) is 9.78 Å². The Balaban J connectivity index is 1.23. The van der Waals surface area contributed by atoms with Crippen LogP contribution in [0.1, 0.15) is 64.9 Å². The maximum Gasteiger partial charge on any atom is 0.248 e. The standard InChI is InChI=1S/C26H31BrN4O2/c1-18-21-10-9-20(26(28)33)16-25(21)31(29-18)13-4-2-3-6-19-11-14-30(15-12-19)24-8-5-7-23(27)22(24)17-32/h5,7-10,16-17,19H,2-4,6,11-15H2,1H3,(H2,28,33). The summed E-state index contributed by atoms with van der Waals surface area (Å²) < 4.78 is 2.88. The number of piperidine rings is 1. The number of carbonyl (C=O) groups is 2. The van der Waals surface area contributed by atoms with Crippen LogP contribution in [0.4, 0.5) is 5.69 Å². The van der Waals surface area contributed by atoms with Gasteiger partial charge in [0.2, 0.25) is 5.91 Å². The van der Waals surface area contributed by atoms with E-state index in [1.807, 2.05) is 41.9 Å². The number of fused-ring (bicyclic) bond motifs is 1. The first-order valence-electron chi connectivity index (χ1n) is 11.7. The second-order valence-electron chi connectivity index (χ2n) is 8.97. The van der Waals surface area contributed by atoms with Crippen LogP contribution in [0.2, 0.25) is 0 Å². The molecule has 1 aliphatic heterocycles. The zero-order valence-corrected chi connectivity index (χ0v) is 20.7. The molecule has 33 heavy (non-hydrogen) atoms. The summed E-state index contributed by atoms with van der Waals surface area (Å²) in [5.41, 5.74) is 9.73. The molecule has 0 aliphatic carbocycles. The molecule has 174 valence electrons. The molecule has 1 fully saturated rings. The number of hydrogen-bond acceptors (Lipinski definition) is 4. The Labute approximate surface area is 203 Å². The van der Waals surface area contributed by atoms with E-state index < -0.39 is 5.91 Å². The molecule has 6 nitrogen and oxygen atoms in total. The number of aryl methyl sites for hydroxylation is 2. The van der Waals surface area contributed by atoms with Crippen molar-refractivity contribution in [1.29, 1.82) is 0 Å². The van der Waals surface area contributed by atoms with Crippen molar-refractivity contribution >= 4 is 44.7 Å². The van der Waals surface area contributed by atoms with Gasteiger partial charge in [0.05, 0.1) is 16.8 Å². The van der Waals surface area contributed by atoms with E-state index in [2.05, 4.69) is 25.9 Å². The zero-order valence-electron chi connectivity index (χ0n) is 19.1. The number of aldehydes is 1. The predicted octanol–water partition coefficient (Wildman–Crippen LogP) is 5.50. The molecule has 3 aromatic rings. The zero-order chi connectivity index (χ0) is 23.4. The Morgan fingerprint density at radius 1 is 1.18 bits per heavy atom. The van der Waals surface area contributed by atoms with Crippen LogP contribution < -0.4 is 10.6 Å². The number of nitrogens with two attached hydrogens (primary N) is 1. The van der Waals surface area contributed by atoms with E-state index in [0.29, 0.717) is 5.56 Å². The van der Waals surface area contributed by atoms with Crippen LogP contribution in [0, 0.1) is 12.8 Å². The average Bonchev–Trinajstić information content (AvgIpc) is 3.14. The maximum atomic E-state index is 11.5. The Hall–Kier alpha value is -2.67. The van der Waals surface area contributed by atoms with Gasteiger partial charge >= 0.3 is 0 Å². The van der Waals surface area contributed by atoms with Crippen LogP contribution in [-0.4, -0.2) is 35.1 Å². The molecule has 2 aromatic carbocycles. The second kappa shape index (κ2) is 10.5. The fraction of sp³-hybridized carbons (Fsp3) is 0.423. The molecule has 4 rings (SSSR count). The number of halogens is 1. The quantitative estimate of drug-likeness (QED) is 0.304. The summed E-state index contributed by atoms with van der Waals surface area (Å²) in [6.07, 6.45) is 7.98. The minimum atomic E-state index is -0.407. The van der Waals surface area contributed by atoms with E-state index in [-0.39, 0.29) is 0 Å². The van der Waals surface area contributed by atoms with Crippen molar-refractivity contribution in [2.45, 2.75) is 52.0 Å². The van der Waals surface area contributed by atoms with Gasteiger partial charge in [0.25, 0.3) is 0 Å². The molecule has 0 spiro atoms. The molecule has 1 aliphatic rings. The van der Waals surface area contributed by atoms with Crippen LogP contribution in [0.25, 0.3) is 10.9 Å². The molecule has 0 radical (unpaired) electrons. The van der Waals surface area contributed by atoms with Crippen molar-refractivity contribution in [3.63, 3.8) is 0 Å². The molecule has 7 heteroatoms. The summed E-state index contributed by atoms with van der Waals surface area (Å²) in [7, 11) is 0. The number of primary amides is 1. The van der Waals surface area contributed by atoms with Crippen LogP contribution >= 0.6 is 15.9 Å². The number of rotatable bonds is 9. The van der Waals surface area contributed by atoms with Crippen LogP contribution in [0.5, 0.6) is 0 Å². The van der Waals surface area contributed by atoms with Gasteiger partial charge in [0, 0.05) is 40.7 Å². The van der Waals surface area contributed by atoms with Crippen molar-refractivity contribution in [2.24, 2.45) is 11.7 Å². The van der Waals surface area contributed by atoms with Crippen molar-refractivity contribution in [2.75, 3.05) is 18.0 Å². The molecule has 0 unspecified atom stereocenters. The summed E-state index contributed by atoms with van der Waals surface area (Å²) in [5, 5.41) is 5.74. The average molecular weight is 511 g/mol. The topological polar surface area (TPSA) is 81.2 Å². The Morgan fingerprint density at radius 3 is 2.70 bits per heavy atom. The molecule has 0 saturated carbocycles.